The van der Waals surface area contributed by atoms with Gasteiger partial charge < -0.3 is 10.1 Å². The standard InChI is InChI=1S/C22H23ClN2O4S/c23-14-10-8-13(9-11-14)15-5-3-6-17(22(15)30(24,28)29)21-18(12-20(26)27)16-4-1-2-7-19(16)25-21/h1-7,13-14,25H,8-12H2,(H,26,27)(H2,24,28,29). The number of aromatic nitrogens is 1. The van der Waals surface area contributed by atoms with Crippen LogP contribution in [0.4, 0.5) is 0 Å². The van der Waals surface area contributed by atoms with Crippen LogP contribution in [0.1, 0.15) is 42.7 Å². The SMILES string of the molecule is NS(=O)(=O)c1c(-c2[nH]c3ccccc3c2CC(=O)O)cccc1C1CCC(Cl)CC1. The van der Waals surface area contributed by atoms with Gasteiger partial charge in [0.25, 0.3) is 0 Å². The maximum absolute atomic E-state index is 12.7. The third-order valence-corrected chi connectivity index (χ3v) is 7.30. The summed E-state index contributed by atoms with van der Waals surface area (Å²) >= 11 is 6.24. The molecule has 1 heterocycles. The van der Waals surface area contributed by atoms with E-state index in [-0.39, 0.29) is 22.6 Å². The zero-order chi connectivity index (χ0) is 21.5. The number of halogens is 1. The van der Waals surface area contributed by atoms with Crippen LogP contribution in [0, 0.1) is 0 Å². The molecule has 2 aromatic carbocycles. The van der Waals surface area contributed by atoms with E-state index in [1.165, 1.54) is 0 Å². The first kappa shape index (κ1) is 20.9. The summed E-state index contributed by atoms with van der Waals surface area (Å²) in [6.45, 7) is 0. The van der Waals surface area contributed by atoms with Crippen LogP contribution in [0.5, 0.6) is 0 Å². The smallest absolute Gasteiger partial charge is 0.307 e. The van der Waals surface area contributed by atoms with E-state index >= 15 is 0 Å². The second kappa shape index (κ2) is 8.06. The van der Waals surface area contributed by atoms with Gasteiger partial charge in [-0.2, -0.15) is 0 Å². The van der Waals surface area contributed by atoms with Gasteiger partial charge >= 0.3 is 5.97 Å². The number of aliphatic carboxylic acids is 1. The normalized spacial score (nSPS) is 19.8. The topological polar surface area (TPSA) is 113 Å². The van der Waals surface area contributed by atoms with Crippen LogP contribution in [0.25, 0.3) is 22.2 Å². The first-order valence-corrected chi connectivity index (χ1v) is 11.9. The highest BCUT2D eigenvalue weighted by molar-refractivity contribution is 7.89. The number of sulfonamides is 1. The number of H-pyrrole nitrogens is 1. The monoisotopic (exact) mass is 446 g/mol. The Kier molecular flexibility index (Phi) is 5.61. The third kappa shape index (κ3) is 3.97. The summed E-state index contributed by atoms with van der Waals surface area (Å²) < 4.78 is 25.5. The summed E-state index contributed by atoms with van der Waals surface area (Å²) in [6.07, 6.45) is 2.98. The number of nitrogens with two attached hydrogens (primary N) is 1. The number of alkyl halides is 1. The number of fused-ring (bicyclic) bond motifs is 1. The van der Waals surface area contributed by atoms with E-state index in [9.17, 15) is 18.3 Å². The lowest BCUT2D eigenvalue weighted by atomic mass is 9.83. The molecule has 8 heteroatoms. The molecule has 6 nitrogen and oxygen atoms in total. The molecule has 0 atom stereocenters. The summed E-state index contributed by atoms with van der Waals surface area (Å²) in [5.41, 5.74) is 2.87. The minimum Gasteiger partial charge on any atom is -0.481 e. The number of hydrogen-bond acceptors (Lipinski definition) is 3. The first-order chi connectivity index (χ1) is 14.3. The lowest BCUT2D eigenvalue weighted by Crippen LogP contribution is -2.20. The fraction of sp³-hybridized carbons (Fsp3) is 0.318. The van der Waals surface area contributed by atoms with Gasteiger partial charge in [0.2, 0.25) is 10.0 Å². The van der Waals surface area contributed by atoms with Gasteiger partial charge in [0.1, 0.15) is 0 Å². The number of carboxylic acids is 1. The lowest BCUT2D eigenvalue weighted by Gasteiger charge is -2.27. The molecule has 3 aromatic rings. The average Bonchev–Trinajstić information content (AvgIpc) is 3.05. The highest BCUT2D eigenvalue weighted by atomic mass is 35.5. The van der Waals surface area contributed by atoms with Gasteiger partial charge in [-0.1, -0.05) is 36.4 Å². The van der Waals surface area contributed by atoms with Gasteiger partial charge in [-0.3, -0.25) is 4.79 Å². The molecule has 4 rings (SSSR count). The molecule has 0 amide bonds. The molecule has 0 aliphatic heterocycles. The molecule has 1 saturated carbocycles. The number of hydrogen-bond donors (Lipinski definition) is 3. The van der Waals surface area contributed by atoms with E-state index in [1.807, 2.05) is 36.4 Å². The van der Waals surface area contributed by atoms with E-state index in [0.717, 1.165) is 36.6 Å². The Hall–Kier alpha value is -2.35. The Morgan fingerprint density at radius 3 is 2.47 bits per heavy atom. The molecule has 0 bridgehead atoms. The molecular weight excluding hydrogens is 424 g/mol. The van der Waals surface area contributed by atoms with Crippen molar-refractivity contribution in [1.82, 2.24) is 4.98 Å². The number of carboxylic acid groups (broad SMARTS) is 1. The van der Waals surface area contributed by atoms with Crippen molar-refractivity contribution in [3.05, 3.63) is 53.6 Å². The molecule has 1 aliphatic rings. The van der Waals surface area contributed by atoms with E-state index in [1.54, 1.807) is 6.07 Å². The summed E-state index contributed by atoms with van der Waals surface area (Å²) in [5, 5.41) is 16.0. The van der Waals surface area contributed by atoms with Crippen molar-refractivity contribution in [2.24, 2.45) is 5.14 Å². The largest absolute Gasteiger partial charge is 0.481 e. The number of carbonyl (C=O) groups is 1. The molecular formula is C22H23ClN2O4S. The van der Waals surface area contributed by atoms with Crippen LogP contribution in [0.3, 0.4) is 0 Å². The Bertz CT molecular complexity index is 1210. The molecule has 0 saturated heterocycles. The number of benzene rings is 2. The van der Waals surface area contributed by atoms with Gasteiger partial charge in [-0.15, -0.1) is 11.6 Å². The van der Waals surface area contributed by atoms with Crippen molar-refractivity contribution in [3.63, 3.8) is 0 Å². The summed E-state index contributed by atoms with van der Waals surface area (Å²) in [7, 11) is -4.06. The summed E-state index contributed by atoms with van der Waals surface area (Å²) in [4.78, 5) is 14.9. The van der Waals surface area contributed by atoms with Crippen LogP contribution in [0.2, 0.25) is 0 Å². The van der Waals surface area contributed by atoms with E-state index in [0.29, 0.717) is 22.4 Å². The minimum absolute atomic E-state index is 0.0422. The fourth-order valence-electron chi connectivity index (χ4n) is 4.52. The van der Waals surface area contributed by atoms with Gasteiger partial charge in [-0.05, 0) is 48.8 Å². The van der Waals surface area contributed by atoms with E-state index in [2.05, 4.69) is 4.98 Å². The van der Waals surface area contributed by atoms with Crippen molar-refractivity contribution < 1.29 is 18.3 Å². The number of primary sulfonamides is 1. The Balaban J connectivity index is 1.96. The van der Waals surface area contributed by atoms with Crippen molar-refractivity contribution >= 4 is 38.5 Å². The molecule has 1 aromatic heterocycles. The zero-order valence-electron chi connectivity index (χ0n) is 16.3. The molecule has 30 heavy (non-hydrogen) atoms. The quantitative estimate of drug-likeness (QED) is 0.505. The molecule has 1 fully saturated rings. The summed E-state index contributed by atoms with van der Waals surface area (Å²) in [5.74, 6) is -0.949. The van der Waals surface area contributed by atoms with Gasteiger partial charge in [-0.25, -0.2) is 13.6 Å². The Morgan fingerprint density at radius 1 is 1.10 bits per heavy atom. The van der Waals surface area contributed by atoms with Crippen LogP contribution < -0.4 is 5.14 Å². The van der Waals surface area contributed by atoms with Gasteiger partial charge in [0.05, 0.1) is 17.0 Å². The highest BCUT2D eigenvalue weighted by Crippen LogP contribution is 2.42. The third-order valence-electron chi connectivity index (χ3n) is 5.84. The van der Waals surface area contributed by atoms with Crippen LogP contribution >= 0.6 is 11.6 Å². The first-order valence-electron chi connectivity index (χ1n) is 9.87. The lowest BCUT2D eigenvalue weighted by molar-refractivity contribution is -0.136. The molecule has 0 radical (unpaired) electrons. The summed E-state index contributed by atoms with van der Waals surface area (Å²) in [6, 6.07) is 12.6. The van der Waals surface area contributed by atoms with Gasteiger partial charge in [0.15, 0.2) is 0 Å². The molecule has 1 aliphatic carbocycles. The molecule has 158 valence electrons. The molecule has 0 unspecified atom stereocenters. The number of para-hydroxylation sites is 1. The van der Waals surface area contributed by atoms with E-state index < -0.39 is 16.0 Å². The molecule has 4 N–H and O–H groups in total. The number of nitrogens with one attached hydrogen (secondary N) is 1. The average molecular weight is 447 g/mol. The highest BCUT2D eigenvalue weighted by Gasteiger charge is 2.29. The predicted molar refractivity (Wildman–Crippen MR) is 117 cm³/mol. The van der Waals surface area contributed by atoms with Crippen LogP contribution in [-0.4, -0.2) is 29.9 Å². The van der Waals surface area contributed by atoms with Crippen LogP contribution in [-0.2, 0) is 21.2 Å². The predicted octanol–water partition coefficient (Wildman–Crippen LogP) is 4.37. The second-order valence-electron chi connectivity index (χ2n) is 7.81. The maximum atomic E-state index is 12.7. The minimum atomic E-state index is -4.06. The van der Waals surface area contributed by atoms with Crippen molar-refractivity contribution in [3.8, 4) is 11.3 Å². The maximum Gasteiger partial charge on any atom is 0.307 e. The second-order valence-corrected chi connectivity index (χ2v) is 9.93. The van der Waals surface area contributed by atoms with Crippen LogP contribution in [0.15, 0.2) is 47.4 Å². The van der Waals surface area contributed by atoms with Crippen molar-refractivity contribution in [2.75, 3.05) is 0 Å². The fourth-order valence-corrected chi connectivity index (χ4v) is 5.81. The Morgan fingerprint density at radius 2 is 1.80 bits per heavy atom. The van der Waals surface area contributed by atoms with Crippen molar-refractivity contribution in [2.45, 2.75) is 48.3 Å². The van der Waals surface area contributed by atoms with E-state index in [4.69, 9.17) is 16.7 Å². The molecule has 0 spiro atoms. The zero-order valence-corrected chi connectivity index (χ0v) is 17.8. The van der Waals surface area contributed by atoms with Crippen molar-refractivity contribution in [1.29, 1.82) is 0 Å². The van der Waals surface area contributed by atoms with Gasteiger partial charge in [0, 0.05) is 21.8 Å². The number of rotatable bonds is 5. The number of aromatic amines is 1. The Labute approximate surface area is 180 Å².